The highest BCUT2D eigenvalue weighted by Gasteiger charge is 2.19. The van der Waals surface area contributed by atoms with Crippen molar-refractivity contribution < 1.29 is 0 Å². The van der Waals surface area contributed by atoms with Gasteiger partial charge in [-0.05, 0) is 0 Å². The number of rotatable bonds is 2. The highest BCUT2D eigenvalue weighted by atomic mass is 35.5. The third-order valence-electron chi connectivity index (χ3n) is 1.53. The fraction of sp³-hybridized carbons (Fsp3) is 0.429. The van der Waals surface area contributed by atoms with Crippen LogP contribution in [0.5, 0.6) is 0 Å². The molecule has 0 N–H and O–H groups in total. The van der Waals surface area contributed by atoms with Crippen molar-refractivity contribution in [3.05, 3.63) is 0 Å². The molecule has 0 saturated heterocycles. The van der Waals surface area contributed by atoms with Gasteiger partial charge in [-0.3, -0.25) is 4.99 Å². The van der Waals surface area contributed by atoms with Gasteiger partial charge in [-0.1, -0.05) is 11.8 Å². The Morgan fingerprint density at radius 1 is 1.54 bits per heavy atom. The van der Waals surface area contributed by atoms with Gasteiger partial charge in [-0.15, -0.1) is 11.6 Å². The number of fused-ring (bicyclic) bond motifs is 1. The molecule has 1 unspecified atom stereocenters. The molecule has 0 aromatic heterocycles. The maximum atomic E-state index is 5.55. The summed E-state index contributed by atoms with van der Waals surface area (Å²) in [5.41, 5.74) is 0. The fourth-order valence-electron chi connectivity index (χ4n) is 0.968. The van der Waals surface area contributed by atoms with Crippen molar-refractivity contribution in [3.8, 4) is 0 Å². The average Bonchev–Trinajstić information content (AvgIpc) is 2.61. The van der Waals surface area contributed by atoms with Crippen molar-refractivity contribution >= 4 is 46.9 Å². The lowest BCUT2D eigenvalue weighted by Crippen LogP contribution is -2.20. The highest BCUT2D eigenvalue weighted by molar-refractivity contribution is 8.14. The second kappa shape index (κ2) is 4.02. The predicted octanol–water partition coefficient (Wildman–Crippen LogP) is 1.21. The summed E-state index contributed by atoms with van der Waals surface area (Å²) in [6, 6.07) is -0.0552. The van der Waals surface area contributed by atoms with Crippen LogP contribution in [0.1, 0.15) is 0 Å². The number of hydrogen-bond donors (Lipinski definition) is 0. The van der Waals surface area contributed by atoms with E-state index in [1.165, 1.54) is 18.1 Å². The maximum absolute atomic E-state index is 5.55. The molecule has 0 radical (unpaired) electrons. The van der Waals surface area contributed by atoms with E-state index in [9.17, 15) is 0 Å². The van der Waals surface area contributed by atoms with E-state index in [0.29, 0.717) is 5.88 Å². The van der Waals surface area contributed by atoms with Gasteiger partial charge in [0.05, 0.1) is 0 Å². The zero-order valence-corrected chi connectivity index (χ0v) is 8.29. The zero-order valence-electron chi connectivity index (χ0n) is 6.72. The Hall–Kier alpha value is -0.680. The first-order valence-corrected chi connectivity index (χ1v) is 5.33. The minimum Gasteiger partial charge on any atom is -0.256 e. The first-order valence-electron chi connectivity index (χ1n) is 3.81. The standard InChI is InChI=1S/C7H7ClN4S/c8-1-2-13-7-9-3-5-6(12-7)11-4-10-5/h3-5H,1-2H2. The Kier molecular flexibility index (Phi) is 2.75. The molecule has 6 heteroatoms. The molecule has 0 amide bonds. The molecule has 1 atom stereocenters. The van der Waals surface area contributed by atoms with Gasteiger partial charge in [0.2, 0.25) is 0 Å². The first-order chi connectivity index (χ1) is 6.40. The second-order valence-corrected chi connectivity index (χ2v) is 3.85. The van der Waals surface area contributed by atoms with Crippen molar-refractivity contribution in [2.45, 2.75) is 6.04 Å². The Morgan fingerprint density at radius 3 is 3.31 bits per heavy atom. The van der Waals surface area contributed by atoms with Crippen LogP contribution in [0.3, 0.4) is 0 Å². The number of amidine groups is 2. The van der Waals surface area contributed by atoms with Crippen LogP contribution < -0.4 is 0 Å². The van der Waals surface area contributed by atoms with E-state index >= 15 is 0 Å². The molecule has 4 nitrogen and oxygen atoms in total. The molecule has 2 aliphatic heterocycles. The number of nitrogens with zero attached hydrogens (tertiary/aromatic N) is 4. The average molecular weight is 215 g/mol. The zero-order chi connectivity index (χ0) is 9.10. The molecular formula is C7H7ClN4S. The van der Waals surface area contributed by atoms with Crippen LogP contribution in [-0.2, 0) is 0 Å². The lowest BCUT2D eigenvalue weighted by atomic mass is 10.3. The molecule has 0 aliphatic carbocycles. The van der Waals surface area contributed by atoms with Gasteiger partial charge in [0.1, 0.15) is 12.4 Å². The van der Waals surface area contributed by atoms with E-state index in [2.05, 4.69) is 20.0 Å². The molecule has 13 heavy (non-hydrogen) atoms. The van der Waals surface area contributed by atoms with Gasteiger partial charge in [-0.25, -0.2) is 15.0 Å². The number of aliphatic imine (C=N–C) groups is 4. The summed E-state index contributed by atoms with van der Waals surface area (Å²) in [7, 11) is 0. The van der Waals surface area contributed by atoms with E-state index in [1.807, 2.05) is 0 Å². The van der Waals surface area contributed by atoms with E-state index in [4.69, 9.17) is 11.6 Å². The van der Waals surface area contributed by atoms with Crippen molar-refractivity contribution in [3.63, 3.8) is 0 Å². The molecule has 0 spiro atoms. The summed E-state index contributed by atoms with van der Waals surface area (Å²) in [6.07, 6.45) is 3.27. The smallest absolute Gasteiger partial charge is 0.189 e. The first kappa shape index (κ1) is 8.90. The number of hydrogen-bond acceptors (Lipinski definition) is 5. The van der Waals surface area contributed by atoms with Crippen LogP contribution >= 0.6 is 23.4 Å². The van der Waals surface area contributed by atoms with Crippen LogP contribution in [0.15, 0.2) is 20.0 Å². The monoisotopic (exact) mass is 214 g/mol. The number of alkyl halides is 1. The summed E-state index contributed by atoms with van der Waals surface area (Å²) in [5, 5.41) is 0.723. The summed E-state index contributed by atoms with van der Waals surface area (Å²) in [4.78, 5) is 16.4. The molecule has 0 fully saturated rings. The SMILES string of the molecule is ClCCSC1=NC2=NC=NC2C=N1. The minimum atomic E-state index is -0.0552. The lowest BCUT2D eigenvalue weighted by Gasteiger charge is -2.07. The predicted molar refractivity (Wildman–Crippen MR) is 58.8 cm³/mol. The Morgan fingerprint density at radius 2 is 2.46 bits per heavy atom. The van der Waals surface area contributed by atoms with Crippen LogP contribution in [0.2, 0.25) is 0 Å². The summed E-state index contributed by atoms with van der Waals surface area (Å²) < 4.78 is 0. The molecule has 2 aliphatic rings. The third kappa shape index (κ3) is 1.97. The van der Waals surface area contributed by atoms with Gasteiger partial charge >= 0.3 is 0 Å². The van der Waals surface area contributed by atoms with Crippen molar-refractivity contribution in [2.75, 3.05) is 11.6 Å². The molecular weight excluding hydrogens is 208 g/mol. The van der Waals surface area contributed by atoms with Crippen LogP contribution in [0, 0.1) is 0 Å². The molecule has 0 aromatic rings. The minimum absolute atomic E-state index is 0.0552. The Bertz CT molecular complexity index is 320. The molecule has 68 valence electrons. The highest BCUT2D eigenvalue weighted by Crippen LogP contribution is 2.13. The summed E-state index contributed by atoms with van der Waals surface area (Å²) in [6.45, 7) is 0. The largest absolute Gasteiger partial charge is 0.256 e. The van der Waals surface area contributed by atoms with Gasteiger partial charge in [0.25, 0.3) is 0 Å². The van der Waals surface area contributed by atoms with E-state index < -0.39 is 0 Å². The molecule has 0 aromatic carbocycles. The molecule has 0 bridgehead atoms. The number of thioether (sulfide) groups is 1. The van der Waals surface area contributed by atoms with Gasteiger partial charge in [0.15, 0.2) is 11.0 Å². The topological polar surface area (TPSA) is 49.4 Å². The van der Waals surface area contributed by atoms with Crippen molar-refractivity contribution in [1.82, 2.24) is 0 Å². The van der Waals surface area contributed by atoms with E-state index in [0.717, 1.165) is 16.8 Å². The van der Waals surface area contributed by atoms with Gasteiger partial charge in [0, 0.05) is 17.8 Å². The summed E-state index contributed by atoms with van der Waals surface area (Å²) >= 11 is 7.08. The maximum Gasteiger partial charge on any atom is 0.189 e. The van der Waals surface area contributed by atoms with Crippen molar-refractivity contribution in [2.24, 2.45) is 20.0 Å². The molecule has 0 saturated carbocycles. The lowest BCUT2D eigenvalue weighted by molar-refractivity contribution is 1.17. The Balaban J connectivity index is 2.04. The quantitative estimate of drug-likeness (QED) is 0.638. The van der Waals surface area contributed by atoms with Crippen LogP contribution in [-0.4, -0.2) is 41.2 Å². The van der Waals surface area contributed by atoms with Crippen LogP contribution in [0.25, 0.3) is 0 Å². The second-order valence-electron chi connectivity index (χ2n) is 2.41. The fourth-order valence-corrected chi connectivity index (χ4v) is 1.75. The Labute approximate surface area is 84.9 Å². The summed E-state index contributed by atoms with van der Waals surface area (Å²) in [5.74, 6) is 2.15. The van der Waals surface area contributed by atoms with Crippen molar-refractivity contribution in [1.29, 1.82) is 0 Å². The van der Waals surface area contributed by atoms with E-state index in [-0.39, 0.29) is 6.04 Å². The third-order valence-corrected chi connectivity index (χ3v) is 2.80. The van der Waals surface area contributed by atoms with Gasteiger partial charge < -0.3 is 0 Å². The number of halogens is 1. The van der Waals surface area contributed by atoms with Crippen LogP contribution in [0.4, 0.5) is 0 Å². The van der Waals surface area contributed by atoms with E-state index in [1.54, 1.807) is 6.21 Å². The van der Waals surface area contributed by atoms with Gasteiger partial charge in [-0.2, -0.15) is 0 Å². The normalized spacial score (nSPS) is 24.2. The molecule has 2 heterocycles. The molecule has 2 rings (SSSR count).